The fraction of sp³-hybridized carbons (Fsp3) is 0.500. The fourth-order valence-corrected chi connectivity index (χ4v) is 1.62. The minimum absolute atomic E-state index is 0.211. The second-order valence-electron chi connectivity index (χ2n) is 3.92. The Hall–Kier alpha value is -1.75. The van der Waals surface area contributed by atoms with Gasteiger partial charge in [-0.15, -0.1) is 0 Å². The second-order valence-corrected chi connectivity index (χ2v) is 3.92. The number of hydrogen-bond acceptors (Lipinski definition) is 5. The summed E-state index contributed by atoms with van der Waals surface area (Å²) in [5.74, 6) is 1.24. The van der Waals surface area contributed by atoms with Gasteiger partial charge in [0.15, 0.2) is 11.5 Å². The topological polar surface area (TPSA) is 56.8 Å². The molecule has 106 valence electrons. The van der Waals surface area contributed by atoms with Gasteiger partial charge >= 0.3 is 5.97 Å². The van der Waals surface area contributed by atoms with Crippen LogP contribution in [-0.2, 0) is 16.1 Å². The van der Waals surface area contributed by atoms with Gasteiger partial charge in [0.05, 0.1) is 27.2 Å². The van der Waals surface area contributed by atoms with Crippen molar-refractivity contribution in [2.75, 3.05) is 27.4 Å². The van der Waals surface area contributed by atoms with Crippen LogP contribution < -0.4 is 14.8 Å². The van der Waals surface area contributed by atoms with Gasteiger partial charge in [0.2, 0.25) is 0 Å². The number of carbonyl (C=O) groups is 1. The molecule has 0 bridgehead atoms. The van der Waals surface area contributed by atoms with E-state index in [0.29, 0.717) is 31.9 Å². The summed E-state index contributed by atoms with van der Waals surface area (Å²) in [5, 5.41) is 3.17. The van der Waals surface area contributed by atoms with Crippen LogP contribution in [0.2, 0.25) is 0 Å². The van der Waals surface area contributed by atoms with E-state index in [2.05, 4.69) is 10.1 Å². The zero-order valence-corrected chi connectivity index (χ0v) is 11.7. The maximum atomic E-state index is 10.9. The van der Waals surface area contributed by atoms with E-state index >= 15 is 0 Å². The molecule has 0 saturated heterocycles. The number of benzene rings is 1. The predicted molar refractivity (Wildman–Crippen MR) is 72.5 cm³/mol. The number of carbonyl (C=O) groups excluding carboxylic acids is 1. The Morgan fingerprint density at radius 3 is 2.68 bits per heavy atom. The van der Waals surface area contributed by atoms with Crippen LogP contribution in [-0.4, -0.2) is 33.3 Å². The van der Waals surface area contributed by atoms with Gasteiger partial charge in [-0.2, -0.15) is 0 Å². The quantitative estimate of drug-likeness (QED) is 0.574. The van der Waals surface area contributed by atoms with Crippen LogP contribution in [0.5, 0.6) is 11.5 Å². The predicted octanol–water partition coefficient (Wildman–Crippen LogP) is 1.75. The average molecular weight is 267 g/mol. The molecule has 0 saturated carbocycles. The summed E-state index contributed by atoms with van der Waals surface area (Å²) >= 11 is 0. The molecule has 5 nitrogen and oxygen atoms in total. The highest BCUT2D eigenvalue weighted by Crippen LogP contribution is 2.27. The van der Waals surface area contributed by atoms with Crippen molar-refractivity contribution in [1.29, 1.82) is 0 Å². The maximum Gasteiger partial charge on any atom is 0.306 e. The first-order valence-corrected chi connectivity index (χ1v) is 6.28. The molecule has 0 aliphatic rings. The van der Waals surface area contributed by atoms with E-state index in [0.717, 1.165) is 11.3 Å². The lowest BCUT2D eigenvalue weighted by molar-refractivity contribution is -0.140. The Morgan fingerprint density at radius 2 is 2.05 bits per heavy atom. The van der Waals surface area contributed by atoms with Crippen molar-refractivity contribution in [3.8, 4) is 11.5 Å². The largest absolute Gasteiger partial charge is 0.493 e. The van der Waals surface area contributed by atoms with Crippen LogP contribution >= 0.6 is 0 Å². The van der Waals surface area contributed by atoms with Crippen LogP contribution in [0, 0.1) is 0 Å². The number of rotatable bonds is 8. The molecule has 19 heavy (non-hydrogen) atoms. The lowest BCUT2D eigenvalue weighted by atomic mass is 10.2. The Morgan fingerprint density at radius 1 is 1.26 bits per heavy atom. The van der Waals surface area contributed by atoms with E-state index in [9.17, 15) is 4.79 Å². The molecule has 1 aromatic carbocycles. The molecule has 0 spiro atoms. The molecule has 0 amide bonds. The molecule has 0 aromatic heterocycles. The maximum absolute atomic E-state index is 10.9. The van der Waals surface area contributed by atoms with Gasteiger partial charge in [0.25, 0.3) is 0 Å². The van der Waals surface area contributed by atoms with Gasteiger partial charge in [-0.25, -0.2) is 0 Å². The van der Waals surface area contributed by atoms with Gasteiger partial charge < -0.3 is 19.5 Å². The Kier molecular flexibility index (Phi) is 6.74. The fourth-order valence-electron chi connectivity index (χ4n) is 1.62. The molecular weight excluding hydrogens is 246 g/mol. The molecule has 0 aliphatic carbocycles. The summed E-state index contributed by atoms with van der Waals surface area (Å²) in [6, 6.07) is 5.79. The number of methoxy groups -OCH3 is 2. The van der Waals surface area contributed by atoms with Crippen molar-refractivity contribution >= 4 is 5.97 Å². The third-order valence-corrected chi connectivity index (χ3v) is 2.59. The van der Waals surface area contributed by atoms with E-state index in [1.165, 1.54) is 7.11 Å². The van der Waals surface area contributed by atoms with Crippen LogP contribution in [0.4, 0.5) is 0 Å². The molecule has 5 heteroatoms. The lowest BCUT2D eigenvalue weighted by Crippen LogP contribution is -2.18. The molecule has 0 heterocycles. The van der Waals surface area contributed by atoms with E-state index in [4.69, 9.17) is 9.47 Å². The van der Waals surface area contributed by atoms with Crippen molar-refractivity contribution in [3.05, 3.63) is 23.8 Å². The summed E-state index contributed by atoms with van der Waals surface area (Å²) in [6.07, 6.45) is 0.366. The smallest absolute Gasteiger partial charge is 0.306 e. The van der Waals surface area contributed by atoms with Gasteiger partial charge in [-0.05, 0) is 24.6 Å². The average Bonchev–Trinajstić information content (AvgIpc) is 2.44. The molecule has 1 rings (SSSR count). The summed E-state index contributed by atoms with van der Waals surface area (Å²) in [4.78, 5) is 10.9. The lowest BCUT2D eigenvalue weighted by Gasteiger charge is -2.11. The highest BCUT2D eigenvalue weighted by Gasteiger charge is 2.05. The third-order valence-electron chi connectivity index (χ3n) is 2.59. The number of ether oxygens (including phenoxy) is 3. The Labute approximate surface area is 113 Å². The Balaban J connectivity index is 2.48. The van der Waals surface area contributed by atoms with Gasteiger partial charge in [0, 0.05) is 13.1 Å². The minimum Gasteiger partial charge on any atom is -0.493 e. The van der Waals surface area contributed by atoms with Gasteiger partial charge in [-0.1, -0.05) is 6.07 Å². The first-order chi connectivity index (χ1) is 9.21. The summed E-state index contributed by atoms with van der Waals surface area (Å²) in [6.45, 7) is 3.79. The Bertz CT molecular complexity index is 406. The molecule has 1 aromatic rings. The first-order valence-electron chi connectivity index (χ1n) is 6.28. The molecule has 0 fully saturated rings. The normalized spacial score (nSPS) is 10.1. The molecular formula is C14H21NO4. The van der Waals surface area contributed by atoms with Crippen molar-refractivity contribution in [3.63, 3.8) is 0 Å². The molecule has 0 aliphatic heterocycles. The highest BCUT2D eigenvalue weighted by molar-refractivity contribution is 5.69. The molecule has 0 radical (unpaired) electrons. The number of esters is 1. The molecule has 1 N–H and O–H groups in total. The zero-order chi connectivity index (χ0) is 14.1. The first kappa shape index (κ1) is 15.3. The third kappa shape index (κ3) is 5.18. The van der Waals surface area contributed by atoms with Crippen LogP contribution in [0.3, 0.4) is 0 Å². The van der Waals surface area contributed by atoms with E-state index in [1.54, 1.807) is 7.11 Å². The van der Waals surface area contributed by atoms with Crippen molar-refractivity contribution < 1.29 is 19.0 Å². The number of hydrogen-bond donors (Lipinski definition) is 1. The van der Waals surface area contributed by atoms with Crippen LogP contribution in [0.15, 0.2) is 18.2 Å². The number of nitrogens with one attached hydrogen (secondary N) is 1. The molecule has 0 atom stereocenters. The summed E-state index contributed by atoms with van der Waals surface area (Å²) < 4.78 is 15.3. The van der Waals surface area contributed by atoms with E-state index in [-0.39, 0.29) is 5.97 Å². The van der Waals surface area contributed by atoms with Crippen LogP contribution in [0.1, 0.15) is 18.9 Å². The van der Waals surface area contributed by atoms with Crippen molar-refractivity contribution in [1.82, 2.24) is 5.32 Å². The van der Waals surface area contributed by atoms with Crippen molar-refractivity contribution in [2.24, 2.45) is 0 Å². The summed E-state index contributed by atoms with van der Waals surface area (Å²) in [7, 11) is 3.01. The van der Waals surface area contributed by atoms with Crippen LogP contribution in [0.25, 0.3) is 0 Å². The standard InChI is InChI=1S/C14H21NO4/c1-4-19-12-6-5-11(9-13(12)17-2)10-15-8-7-14(16)18-3/h5-6,9,15H,4,7-8,10H2,1-3H3. The van der Waals surface area contributed by atoms with Crippen molar-refractivity contribution in [2.45, 2.75) is 19.9 Å². The minimum atomic E-state index is -0.211. The van der Waals surface area contributed by atoms with Gasteiger partial charge in [-0.3, -0.25) is 4.79 Å². The monoisotopic (exact) mass is 267 g/mol. The van der Waals surface area contributed by atoms with E-state index in [1.807, 2.05) is 25.1 Å². The summed E-state index contributed by atoms with van der Waals surface area (Å²) in [5.41, 5.74) is 1.07. The SMILES string of the molecule is CCOc1ccc(CNCCC(=O)OC)cc1OC. The molecule has 0 unspecified atom stereocenters. The van der Waals surface area contributed by atoms with E-state index < -0.39 is 0 Å². The van der Waals surface area contributed by atoms with Gasteiger partial charge in [0.1, 0.15) is 0 Å². The zero-order valence-electron chi connectivity index (χ0n) is 11.7. The highest BCUT2D eigenvalue weighted by atomic mass is 16.5. The second kappa shape index (κ2) is 8.37.